The number of carbonyl (C=O) groups excluding carboxylic acids is 1. The summed E-state index contributed by atoms with van der Waals surface area (Å²) in [5, 5.41) is 6.98. The molecule has 0 bridgehead atoms. The van der Waals surface area contributed by atoms with Crippen molar-refractivity contribution in [2.75, 3.05) is 5.32 Å². The van der Waals surface area contributed by atoms with Gasteiger partial charge >= 0.3 is 0 Å². The fraction of sp³-hybridized carbons (Fsp3) is 0.421. The normalized spacial score (nSPS) is 16.1. The molecule has 3 aromatic heterocycles. The van der Waals surface area contributed by atoms with Gasteiger partial charge in [-0.1, -0.05) is 0 Å². The third-order valence-corrected chi connectivity index (χ3v) is 4.85. The fourth-order valence-corrected chi connectivity index (χ4v) is 2.97. The van der Waals surface area contributed by atoms with Crippen molar-refractivity contribution in [3.05, 3.63) is 41.4 Å². The van der Waals surface area contributed by atoms with E-state index in [0.29, 0.717) is 34.1 Å². The van der Waals surface area contributed by atoms with Gasteiger partial charge in [0.05, 0.1) is 17.0 Å². The van der Waals surface area contributed by atoms with E-state index in [1.807, 2.05) is 13.8 Å². The zero-order valence-electron chi connectivity index (χ0n) is 15.8. The first-order valence-electron chi connectivity index (χ1n) is 8.98. The second kappa shape index (κ2) is 6.29. The largest absolute Gasteiger partial charge is 0.442 e. The number of anilines is 1. The second-order valence-corrected chi connectivity index (χ2v) is 7.44. The third kappa shape index (κ3) is 3.34. The van der Waals surface area contributed by atoms with Gasteiger partial charge in [0.25, 0.3) is 5.91 Å². The van der Waals surface area contributed by atoms with E-state index in [2.05, 4.69) is 37.5 Å². The maximum Gasteiger partial charge on any atom is 0.256 e. The number of furan rings is 1. The molecule has 2 N–H and O–H groups in total. The predicted molar refractivity (Wildman–Crippen MR) is 100 cm³/mol. The first kappa shape index (κ1) is 17.4. The molecule has 27 heavy (non-hydrogen) atoms. The lowest BCUT2D eigenvalue weighted by molar-refractivity contribution is 0.0938. The quantitative estimate of drug-likeness (QED) is 0.714. The molecule has 140 valence electrons. The molecule has 1 aliphatic carbocycles. The molecule has 1 aliphatic rings. The molecule has 3 aromatic rings. The van der Waals surface area contributed by atoms with Crippen LogP contribution in [0.25, 0.3) is 11.1 Å². The summed E-state index contributed by atoms with van der Waals surface area (Å²) in [7, 11) is 0. The van der Waals surface area contributed by atoms with Crippen LogP contribution in [0.3, 0.4) is 0 Å². The van der Waals surface area contributed by atoms with Gasteiger partial charge in [-0.15, -0.1) is 0 Å². The highest BCUT2D eigenvalue weighted by Gasteiger charge is 2.38. The van der Waals surface area contributed by atoms with Crippen molar-refractivity contribution in [1.29, 1.82) is 0 Å². The van der Waals surface area contributed by atoms with Gasteiger partial charge in [0.15, 0.2) is 0 Å². The van der Waals surface area contributed by atoms with Gasteiger partial charge in [0.2, 0.25) is 5.71 Å². The molecular weight excluding hydrogens is 344 g/mol. The number of fused-ring (bicyclic) bond motifs is 1. The highest BCUT2D eigenvalue weighted by Crippen LogP contribution is 2.40. The van der Waals surface area contributed by atoms with Crippen molar-refractivity contribution in [3.8, 4) is 0 Å². The lowest BCUT2D eigenvalue weighted by Gasteiger charge is -2.15. The molecule has 0 saturated heterocycles. The van der Waals surface area contributed by atoms with E-state index in [9.17, 15) is 4.79 Å². The summed E-state index contributed by atoms with van der Waals surface area (Å²) in [6, 6.07) is -0.343. The lowest BCUT2D eigenvalue weighted by atomic mass is 10.1. The molecule has 1 atom stereocenters. The van der Waals surface area contributed by atoms with Crippen molar-refractivity contribution < 1.29 is 9.21 Å². The van der Waals surface area contributed by atoms with E-state index >= 15 is 0 Å². The number of aromatic nitrogens is 4. The van der Waals surface area contributed by atoms with E-state index in [-0.39, 0.29) is 17.5 Å². The second-order valence-electron chi connectivity index (χ2n) is 7.44. The van der Waals surface area contributed by atoms with Gasteiger partial charge in [-0.25, -0.2) is 19.9 Å². The summed E-state index contributed by atoms with van der Waals surface area (Å²) in [4.78, 5) is 30.1. The number of hydrogen-bond acceptors (Lipinski definition) is 7. The Morgan fingerprint density at radius 3 is 2.56 bits per heavy atom. The summed E-state index contributed by atoms with van der Waals surface area (Å²) in [5.41, 5.74) is 1.83. The first-order valence-corrected chi connectivity index (χ1v) is 8.98. The maximum atomic E-state index is 13.0. The van der Waals surface area contributed by atoms with Crippen LogP contribution in [-0.4, -0.2) is 31.4 Å². The summed E-state index contributed by atoms with van der Waals surface area (Å²) in [5.74, 6) is 1.42. The number of nitrogens with one attached hydrogen (secondary N) is 2. The number of nitrogens with zero attached hydrogens (tertiary/aromatic N) is 4. The lowest BCUT2D eigenvalue weighted by Crippen LogP contribution is -2.28. The van der Waals surface area contributed by atoms with Crippen LogP contribution < -0.4 is 10.6 Å². The SMILES string of the molecule is Cc1cnc([C@H](C)NC(=O)c2c(C)oc3ncnc(NC4(C)CC4)c23)nc1. The fourth-order valence-electron chi connectivity index (χ4n) is 2.97. The van der Waals surface area contributed by atoms with Crippen molar-refractivity contribution >= 4 is 22.8 Å². The Balaban J connectivity index is 1.66. The van der Waals surface area contributed by atoms with Crippen LogP contribution >= 0.6 is 0 Å². The number of aryl methyl sites for hydroxylation is 2. The van der Waals surface area contributed by atoms with Gasteiger partial charge in [0.1, 0.15) is 23.7 Å². The Morgan fingerprint density at radius 1 is 1.19 bits per heavy atom. The minimum absolute atomic E-state index is 0.0171. The van der Waals surface area contributed by atoms with Gasteiger partial charge in [-0.05, 0) is 46.1 Å². The standard InChI is InChI=1S/C19H22N6O2/c1-10-7-20-15(21-8-10)11(2)24-17(26)13-12(3)27-18-14(13)16(22-9-23-18)25-19(4)5-6-19/h7-9,11H,5-6H2,1-4H3,(H,24,26)(H,22,23,25)/t11-/m0/s1. The Morgan fingerprint density at radius 2 is 1.89 bits per heavy atom. The summed E-state index contributed by atoms with van der Waals surface area (Å²) < 4.78 is 5.72. The molecule has 3 heterocycles. The molecule has 0 spiro atoms. The van der Waals surface area contributed by atoms with E-state index < -0.39 is 0 Å². The monoisotopic (exact) mass is 366 g/mol. The molecule has 4 rings (SSSR count). The molecule has 8 nitrogen and oxygen atoms in total. The van der Waals surface area contributed by atoms with Crippen LogP contribution in [0.5, 0.6) is 0 Å². The number of hydrogen-bond donors (Lipinski definition) is 2. The van der Waals surface area contributed by atoms with Crippen molar-refractivity contribution in [3.63, 3.8) is 0 Å². The van der Waals surface area contributed by atoms with Gasteiger partial charge in [-0.3, -0.25) is 4.79 Å². The average Bonchev–Trinajstić information content (AvgIpc) is 3.23. The average molecular weight is 366 g/mol. The molecule has 0 unspecified atom stereocenters. The predicted octanol–water partition coefficient (Wildman–Crippen LogP) is 3.09. The molecule has 0 aromatic carbocycles. The minimum atomic E-state index is -0.343. The number of rotatable bonds is 5. The summed E-state index contributed by atoms with van der Waals surface area (Å²) in [6.45, 7) is 7.65. The molecule has 1 saturated carbocycles. The summed E-state index contributed by atoms with van der Waals surface area (Å²) in [6.07, 6.45) is 7.05. The van der Waals surface area contributed by atoms with Gasteiger partial charge in [0, 0.05) is 17.9 Å². The van der Waals surface area contributed by atoms with E-state index in [1.54, 1.807) is 19.3 Å². The van der Waals surface area contributed by atoms with Crippen LogP contribution in [0.1, 0.15) is 60.2 Å². The summed E-state index contributed by atoms with van der Waals surface area (Å²) >= 11 is 0. The Hall–Kier alpha value is -3.03. The molecule has 1 amide bonds. The van der Waals surface area contributed by atoms with Crippen molar-refractivity contribution in [2.45, 2.75) is 52.1 Å². The molecule has 0 radical (unpaired) electrons. The van der Waals surface area contributed by atoms with Crippen LogP contribution in [0.4, 0.5) is 5.82 Å². The van der Waals surface area contributed by atoms with E-state index in [1.165, 1.54) is 6.33 Å². The Bertz CT molecular complexity index is 1010. The van der Waals surface area contributed by atoms with E-state index in [4.69, 9.17) is 4.42 Å². The smallest absolute Gasteiger partial charge is 0.256 e. The van der Waals surface area contributed by atoms with Crippen molar-refractivity contribution in [2.24, 2.45) is 0 Å². The van der Waals surface area contributed by atoms with Crippen LogP contribution in [0, 0.1) is 13.8 Å². The molecular formula is C19H22N6O2. The van der Waals surface area contributed by atoms with Crippen LogP contribution in [0.15, 0.2) is 23.1 Å². The molecule has 1 fully saturated rings. The Kier molecular flexibility index (Phi) is 4.05. The first-order chi connectivity index (χ1) is 12.9. The van der Waals surface area contributed by atoms with Crippen molar-refractivity contribution in [1.82, 2.24) is 25.3 Å². The minimum Gasteiger partial charge on any atom is -0.442 e. The van der Waals surface area contributed by atoms with Crippen LogP contribution in [-0.2, 0) is 0 Å². The topological polar surface area (TPSA) is 106 Å². The molecule has 0 aliphatic heterocycles. The number of carbonyl (C=O) groups is 1. The highest BCUT2D eigenvalue weighted by atomic mass is 16.3. The Labute approximate surface area is 156 Å². The zero-order chi connectivity index (χ0) is 19.2. The van der Waals surface area contributed by atoms with Gasteiger partial charge < -0.3 is 15.1 Å². The number of amides is 1. The highest BCUT2D eigenvalue weighted by molar-refractivity contribution is 6.10. The van der Waals surface area contributed by atoms with Crippen LogP contribution in [0.2, 0.25) is 0 Å². The van der Waals surface area contributed by atoms with Gasteiger partial charge in [-0.2, -0.15) is 0 Å². The third-order valence-electron chi connectivity index (χ3n) is 4.85. The maximum absolute atomic E-state index is 13.0. The van der Waals surface area contributed by atoms with E-state index in [0.717, 1.165) is 18.4 Å². The molecule has 8 heteroatoms. The zero-order valence-corrected chi connectivity index (χ0v) is 15.8.